The van der Waals surface area contributed by atoms with Crippen LogP contribution in [-0.4, -0.2) is 22.5 Å². The molecule has 0 aliphatic heterocycles. The summed E-state index contributed by atoms with van der Waals surface area (Å²) in [5, 5.41) is 4.18. The molecule has 3 aromatic heterocycles. The van der Waals surface area contributed by atoms with Gasteiger partial charge in [-0.3, -0.25) is 10.1 Å². The number of rotatable bonds is 4. The summed E-state index contributed by atoms with van der Waals surface area (Å²) in [6.45, 7) is 4.45. The summed E-state index contributed by atoms with van der Waals surface area (Å²) in [6.07, 6.45) is 0. The largest absolute Gasteiger partial charge is 0.494 e. The summed E-state index contributed by atoms with van der Waals surface area (Å²) in [5.74, 6) is 0.518. The van der Waals surface area contributed by atoms with Gasteiger partial charge in [0.25, 0.3) is 5.91 Å². The Morgan fingerprint density at radius 2 is 2.08 bits per heavy atom. The molecule has 0 atom stereocenters. The van der Waals surface area contributed by atoms with Crippen molar-refractivity contribution in [3.63, 3.8) is 0 Å². The third kappa shape index (κ3) is 2.97. The van der Waals surface area contributed by atoms with Crippen molar-refractivity contribution < 1.29 is 9.53 Å². The van der Waals surface area contributed by atoms with Crippen LogP contribution in [0.3, 0.4) is 0 Å². The minimum atomic E-state index is -0.271. The van der Waals surface area contributed by atoms with E-state index in [1.165, 1.54) is 22.7 Å². The van der Waals surface area contributed by atoms with Crippen LogP contribution in [-0.2, 0) is 0 Å². The van der Waals surface area contributed by atoms with E-state index < -0.39 is 0 Å². The highest BCUT2D eigenvalue weighted by Gasteiger charge is 2.18. The van der Waals surface area contributed by atoms with Crippen LogP contribution in [0.1, 0.15) is 22.3 Å². The zero-order valence-corrected chi connectivity index (χ0v) is 15.8. The number of amides is 1. The number of ether oxygens (including phenoxy) is 1. The fraction of sp³-hybridized carbons (Fsp3) is 0.167. The molecule has 1 amide bonds. The van der Waals surface area contributed by atoms with Crippen molar-refractivity contribution in [2.45, 2.75) is 13.8 Å². The first-order valence-corrected chi connectivity index (χ1v) is 9.69. The van der Waals surface area contributed by atoms with Gasteiger partial charge in [-0.15, -0.1) is 11.3 Å². The van der Waals surface area contributed by atoms with E-state index in [0.29, 0.717) is 22.3 Å². The highest BCUT2D eigenvalue weighted by Crippen LogP contribution is 2.34. The van der Waals surface area contributed by atoms with Crippen LogP contribution in [0.5, 0.6) is 5.75 Å². The summed E-state index contributed by atoms with van der Waals surface area (Å²) in [6, 6.07) is 9.46. The van der Waals surface area contributed by atoms with Gasteiger partial charge in [0.05, 0.1) is 22.5 Å². The molecule has 1 aromatic carbocycles. The van der Waals surface area contributed by atoms with Crippen molar-refractivity contribution in [1.82, 2.24) is 9.97 Å². The minimum Gasteiger partial charge on any atom is -0.494 e. The molecule has 132 valence electrons. The molecule has 0 saturated carbocycles. The molecular weight excluding hydrogens is 368 g/mol. The average Bonchev–Trinajstić information content (AvgIpc) is 3.15. The summed E-state index contributed by atoms with van der Waals surface area (Å²) in [5.41, 5.74) is 8.31. The smallest absolute Gasteiger partial charge is 0.269 e. The number of pyridine rings is 1. The van der Waals surface area contributed by atoms with Crippen molar-refractivity contribution in [1.29, 1.82) is 0 Å². The van der Waals surface area contributed by atoms with Gasteiger partial charge in [0.1, 0.15) is 15.5 Å². The van der Waals surface area contributed by atoms with Crippen LogP contribution in [0.15, 0.2) is 30.3 Å². The van der Waals surface area contributed by atoms with Crippen molar-refractivity contribution in [2.24, 2.45) is 0 Å². The summed E-state index contributed by atoms with van der Waals surface area (Å²) in [7, 11) is 0. The van der Waals surface area contributed by atoms with Crippen molar-refractivity contribution in [2.75, 3.05) is 17.7 Å². The average molecular weight is 384 g/mol. The molecule has 0 spiro atoms. The number of anilines is 2. The molecule has 0 aliphatic rings. The molecule has 0 bridgehead atoms. The van der Waals surface area contributed by atoms with E-state index in [1.807, 2.05) is 44.2 Å². The van der Waals surface area contributed by atoms with E-state index in [-0.39, 0.29) is 5.91 Å². The zero-order valence-electron chi connectivity index (χ0n) is 14.2. The number of aromatic nitrogens is 2. The number of fused-ring (bicyclic) bond motifs is 2. The lowest BCUT2D eigenvalue weighted by Crippen LogP contribution is -2.11. The van der Waals surface area contributed by atoms with Gasteiger partial charge in [-0.25, -0.2) is 9.97 Å². The highest BCUT2D eigenvalue weighted by molar-refractivity contribution is 7.23. The number of hydrogen-bond acceptors (Lipinski definition) is 7. The molecule has 3 heterocycles. The zero-order chi connectivity index (χ0) is 18.3. The third-order valence-electron chi connectivity index (χ3n) is 3.83. The number of carbonyl (C=O) groups excluding carboxylic acids is 1. The first kappa shape index (κ1) is 16.7. The molecule has 4 rings (SSSR count). The Labute approximate surface area is 157 Å². The molecule has 0 fully saturated rings. The first-order chi connectivity index (χ1) is 12.5. The molecule has 4 aromatic rings. The molecule has 0 saturated heterocycles. The van der Waals surface area contributed by atoms with E-state index >= 15 is 0 Å². The standard InChI is InChI=1S/C18H16N4O2S2/c1-3-24-10-5-7-12-13(8-10)25-18(21-12)22-16(23)15-14(19)11-6-4-9(2)20-17(11)26-15/h4-8H,3,19H2,1-2H3,(H,21,22,23). The van der Waals surface area contributed by atoms with Gasteiger partial charge in [-0.1, -0.05) is 11.3 Å². The van der Waals surface area contributed by atoms with Gasteiger partial charge >= 0.3 is 0 Å². The fourth-order valence-electron chi connectivity index (χ4n) is 2.63. The van der Waals surface area contributed by atoms with Gasteiger partial charge in [0, 0.05) is 11.1 Å². The minimum absolute atomic E-state index is 0.271. The summed E-state index contributed by atoms with van der Waals surface area (Å²) in [4.78, 5) is 22.8. The van der Waals surface area contributed by atoms with Gasteiger partial charge in [0.2, 0.25) is 0 Å². The topological polar surface area (TPSA) is 90.1 Å². The molecule has 8 heteroatoms. The molecule has 0 aliphatic carbocycles. The van der Waals surface area contributed by atoms with Gasteiger partial charge in [-0.2, -0.15) is 0 Å². The lowest BCUT2D eigenvalue weighted by Gasteiger charge is -2.00. The summed E-state index contributed by atoms with van der Waals surface area (Å²) < 4.78 is 6.45. The number of thiophene rings is 1. The monoisotopic (exact) mass is 384 g/mol. The molecule has 3 N–H and O–H groups in total. The van der Waals surface area contributed by atoms with Crippen LogP contribution in [0, 0.1) is 6.92 Å². The molecule has 0 radical (unpaired) electrons. The SMILES string of the molecule is CCOc1ccc2nc(NC(=O)c3sc4nc(C)ccc4c3N)sc2c1. The van der Waals surface area contributed by atoms with E-state index in [9.17, 15) is 4.79 Å². The van der Waals surface area contributed by atoms with Gasteiger partial charge in [0.15, 0.2) is 5.13 Å². The second-order valence-corrected chi connectivity index (χ2v) is 7.72. The molecular formula is C18H16N4O2S2. The summed E-state index contributed by atoms with van der Waals surface area (Å²) >= 11 is 2.69. The number of nitrogen functional groups attached to an aromatic ring is 1. The van der Waals surface area contributed by atoms with E-state index in [4.69, 9.17) is 10.5 Å². The van der Waals surface area contributed by atoms with Crippen LogP contribution in [0.2, 0.25) is 0 Å². The van der Waals surface area contributed by atoms with Crippen LogP contribution >= 0.6 is 22.7 Å². The Hall–Kier alpha value is -2.71. The second kappa shape index (κ2) is 6.54. The fourth-order valence-corrected chi connectivity index (χ4v) is 4.55. The number of aryl methyl sites for hydroxylation is 1. The van der Waals surface area contributed by atoms with E-state index in [0.717, 1.165) is 31.9 Å². The highest BCUT2D eigenvalue weighted by atomic mass is 32.1. The Morgan fingerprint density at radius 1 is 1.23 bits per heavy atom. The third-order valence-corrected chi connectivity index (χ3v) is 5.88. The van der Waals surface area contributed by atoms with Crippen LogP contribution < -0.4 is 15.8 Å². The normalized spacial score (nSPS) is 11.2. The maximum Gasteiger partial charge on any atom is 0.269 e. The maximum absolute atomic E-state index is 12.7. The predicted octanol–water partition coefficient (Wildman–Crippen LogP) is 4.45. The van der Waals surface area contributed by atoms with E-state index in [1.54, 1.807) is 0 Å². The van der Waals surface area contributed by atoms with Crippen LogP contribution in [0.4, 0.5) is 10.8 Å². The molecule has 0 unspecified atom stereocenters. The number of nitrogens with two attached hydrogens (primary N) is 1. The Balaban J connectivity index is 1.63. The van der Waals surface area contributed by atoms with Crippen molar-refractivity contribution in [3.05, 3.63) is 40.9 Å². The Morgan fingerprint density at radius 3 is 2.88 bits per heavy atom. The van der Waals surface area contributed by atoms with E-state index in [2.05, 4.69) is 15.3 Å². The Kier molecular flexibility index (Phi) is 4.21. The number of carbonyl (C=O) groups is 1. The lowest BCUT2D eigenvalue weighted by molar-refractivity contribution is 0.103. The van der Waals surface area contributed by atoms with Crippen LogP contribution in [0.25, 0.3) is 20.4 Å². The Bertz CT molecular complexity index is 1130. The van der Waals surface area contributed by atoms with Gasteiger partial charge < -0.3 is 10.5 Å². The quantitative estimate of drug-likeness (QED) is 0.542. The number of nitrogens with one attached hydrogen (secondary N) is 1. The predicted molar refractivity (Wildman–Crippen MR) is 108 cm³/mol. The first-order valence-electron chi connectivity index (χ1n) is 8.05. The molecule has 6 nitrogen and oxygen atoms in total. The van der Waals surface area contributed by atoms with Crippen molar-refractivity contribution >= 4 is 59.8 Å². The number of hydrogen-bond donors (Lipinski definition) is 2. The maximum atomic E-state index is 12.7. The number of benzene rings is 1. The molecule has 26 heavy (non-hydrogen) atoms. The number of nitrogens with zero attached hydrogens (tertiary/aromatic N) is 2. The lowest BCUT2D eigenvalue weighted by atomic mass is 10.2. The van der Waals surface area contributed by atoms with Crippen molar-refractivity contribution in [3.8, 4) is 5.75 Å². The van der Waals surface area contributed by atoms with Gasteiger partial charge in [-0.05, 0) is 44.2 Å². The second-order valence-electron chi connectivity index (χ2n) is 5.69. The number of thiazole rings is 1.